The molecule has 1 aliphatic carbocycles. The van der Waals surface area contributed by atoms with Crippen LogP contribution in [0, 0.1) is 0 Å². The predicted molar refractivity (Wildman–Crippen MR) is 287 cm³/mol. The molecule has 0 aliphatic heterocycles. The van der Waals surface area contributed by atoms with Crippen molar-refractivity contribution in [3.05, 3.63) is 278 Å². The summed E-state index contributed by atoms with van der Waals surface area (Å²) in [5, 5.41) is 4.84. The van der Waals surface area contributed by atoms with E-state index in [9.17, 15) is 0 Å². The SMILES string of the molecule is CC1(c2ccccc2)c2ccccc2-c2c(-c3ccccc3N(c3ccccc3-c3cccc4cccc(-c5ccccc5)c34)c3cccc4c3c3ccccc3n4-c3ccccc3)cccc21. The van der Waals surface area contributed by atoms with Gasteiger partial charge in [-0.15, -0.1) is 0 Å². The molecule has 1 heterocycles. The molecule has 1 atom stereocenters. The van der Waals surface area contributed by atoms with E-state index < -0.39 is 0 Å². The van der Waals surface area contributed by atoms with Crippen LogP contribution in [-0.2, 0) is 5.41 Å². The molecular weight excluding hydrogens is 821 g/mol. The number of hydrogen-bond acceptors (Lipinski definition) is 1. The Bertz CT molecular complexity index is 3860. The van der Waals surface area contributed by atoms with Crippen LogP contribution in [0.2, 0.25) is 0 Å². The van der Waals surface area contributed by atoms with Crippen LogP contribution in [0.1, 0.15) is 23.6 Å². The maximum atomic E-state index is 2.56. The Morgan fingerprint density at radius 1 is 0.338 bits per heavy atom. The maximum absolute atomic E-state index is 2.56. The first-order chi connectivity index (χ1) is 33.7. The highest BCUT2D eigenvalue weighted by Gasteiger charge is 2.42. The van der Waals surface area contributed by atoms with Crippen molar-refractivity contribution in [1.82, 2.24) is 4.57 Å². The Kier molecular flexibility index (Phi) is 9.33. The van der Waals surface area contributed by atoms with Gasteiger partial charge in [-0.05, 0) is 110 Å². The third-order valence-corrected chi connectivity index (χ3v) is 14.5. The highest BCUT2D eigenvalue weighted by Crippen LogP contribution is 2.57. The maximum Gasteiger partial charge on any atom is 0.0562 e. The van der Waals surface area contributed by atoms with Crippen molar-refractivity contribution < 1.29 is 0 Å². The second-order valence-electron chi connectivity index (χ2n) is 18.1. The van der Waals surface area contributed by atoms with Crippen LogP contribution in [-0.4, -0.2) is 4.57 Å². The average Bonchev–Trinajstić information content (AvgIpc) is 3.90. The summed E-state index contributed by atoms with van der Waals surface area (Å²) in [4.78, 5) is 2.56. The fourth-order valence-corrected chi connectivity index (χ4v) is 11.5. The van der Waals surface area contributed by atoms with E-state index in [1.165, 1.54) is 77.1 Å². The zero-order chi connectivity index (χ0) is 45.2. The van der Waals surface area contributed by atoms with E-state index in [1.54, 1.807) is 0 Å². The zero-order valence-corrected chi connectivity index (χ0v) is 37.7. The van der Waals surface area contributed by atoms with Crippen molar-refractivity contribution in [1.29, 1.82) is 0 Å². The van der Waals surface area contributed by atoms with Gasteiger partial charge in [-0.25, -0.2) is 0 Å². The summed E-state index contributed by atoms with van der Waals surface area (Å²) in [6, 6.07) is 95.9. The first-order valence-electron chi connectivity index (χ1n) is 23.6. The van der Waals surface area contributed by atoms with Crippen molar-refractivity contribution >= 4 is 49.6 Å². The molecule has 320 valence electrons. The van der Waals surface area contributed by atoms with E-state index in [2.05, 4.69) is 277 Å². The quantitative estimate of drug-likeness (QED) is 0.148. The standard InChI is InChI=1S/C66H46N2/c1-66(47-27-7-3-8-28-47)56-38-15-11-33-54(56)64-53(37-21-39-57(64)66)51-32-13-17-41-59(51)68(62-44-22-43-61-65(62)55-34-14-18-42-60(55)67(61)48-29-9-4-10-30-48)58-40-16-12-31-50(58)52-36-20-26-46-25-19-35-49(63(46)52)45-23-5-2-6-24-45/h2-44H,1H3. The highest BCUT2D eigenvalue weighted by molar-refractivity contribution is 6.18. The minimum atomic E-state index is -0.333. The van der Waals surface area contributed by atoms with Crippen molar-refractivity contribution in [2.75, 3.05) is 4.90 Å². The molecule has 1 aromatic heterocycles. The Hall–Kier alpha value is -8.72. The van der Waals surface area contributed by atoms with Gasteiger partial charge in [-0.3, -0.25) is 0 Å². The number of benzene rings is 11. The molecule has 0 bridgehead atoms. The van der Waals surface area contributed by atoms with E-state index in [4.69, 9.17) is 0 Å². The van der Waals surface area contributed by atoms with E-state index in [-0.39, 0.29) is 5.41 Å². The van der Waals surface area contributed by atoms with E-state index in [0.717, 1.165) is 39.4 Å². The van der Waals surface area contributed by atoms with Gasteiger partial charge in [-0.2, -0.15) is 0 Å². The minimum absolute atomic E-state index is 0.333. The van der Waals surface area contributed by atoms with Gasteiger partial charge in [0.15, 0.2) is 0 Å². The molecule has 68 heavy (non-hydrogen) atoms. The second kappa shape index (κ2) is 16.0. The molecule has 0 radical (unpaired) electrons. The van der Waals surface area contributed by atoms with Crippen molar-refractivity contribution in [3.8, 4) is 50.2 Å². The summed E-state index contributed by atoms with van der Waals surface area (Å²) in [6.07, 6.45) is 0. The smallest absolute Gasteiger partial charge is 0.0562 e. The van der Waals surface area contributed by atoms with E-state index in [1.807, 2.05) is 0 Å². The van der Waals surface area contributed by atoms with Crippen molar-refractivity contribution in [2.24, 2.45) is 0 Å². The van der Waals surface area contributed by atoms with Gasteiger partial charge < -0.3 is 9.47 Å². The molecule has 1 aliphatic rings. The molecule has 0 spiro atoms. The van der Waals surface area contributed by atoms with Gasteiger partial charge in [0.05, 0.1) is 28.1 Å². The van der Waals surface area contributed by atoms with Crippen LogP contribution >= 0.6 is 0 Å². The molecule has 12 aromatic rings. The zero-order valence-electron chi connectivity index (χ0n) is 37.7. The van der Waals surface area contributed by atoms with Crippen molar-refractivity contribution in [3.63, 3.8) is 0 Å². The van der Waals surface area contributed by atoms with Crippen LogP contribution < -0.4 is 4.90 Å². The van der Waals surface area contributed by atoms with Crippen LogP contribution in [0.25, 0.3) is 82.8 Å². The van der Waals surface area contributed by atoms with Gasteiger partial charge in [-0.1, -0.05) is 218 Å². The molecule has 11 aromatic carbocycles. The fraction of sp³-hybridized carbons (Fsp3) is 0.0303. The number of aromatic nitrogens is 1. The molecule has 0 saturated heterocycles. The number of nitrogens with zero attached hydrogens (tertiary/aromatic N) is 2. The number of para-hydroxylation sites is 4. The van der Waals surface area contributed by atoms with Gasteiger partial charge in [0.1, 0.15) is 0 Å². The molecule has 0 saturated carbocycles. The second-order valence-corrected chi connectivity index (χ2v) is 18.1. The monoisotopic (exact) mass is 866 g/mol. The lowest BCUT2D eigenvalue weighted by Gasteiger charge is -2.31. The lowest BCUT2D eigenvalue weighted by atomic mass is 9.74. The van der Waals surface area contributed by atoms with Crippen LogP contribution in [0.4, 0.5) is 17.1 Å². The topological polar surface area (TPSA) is 8.17 Å². The minimum Gasteiger partial charge on any atom is -0.309 e. The normalized spacial score (nSPS) is 14.0. The average molecular weight is 867 g/mol. The highest BCUT2D eigenvalue weighted by atomic mass is 15.2. The molecule has 1 unspecified atom stereocenters. The first-order valence-corrected chi connectivity index (χ1v) is 23.6. The largest absolute Gasteiger partial charge is 0.309 e. The van der Waals surface area contributed by atoms with Crippen LogP contribution in [0.5, 0.6) is 0 Å². The molecule has 0 amide bonds. The molecule has 0 fully saturated rings. The Morgan fingerprint density at radius 3 is 1.59 bits per heavy atom. The summed E-state index contributed by atoms with van der Waals surface area (Å²) in [6.45, 7) is 2.41. The fourth-order valence-electron chi connectivity index (χ4n) is 11.5. The molecule has 2 nitrogen and oxygen atoms in total. The number of hydrogen-bond donors (Lipinski definition) is 0. The van der Waals surface area contributed by atoms with E-state index in [0.29, 0.717) is 0 Å². The Labute approximate surface area is 397 Å². The lowest BCUT2D eigenvalue weighted by Crippen LogP contribution is -2.22. The predicted octanol–water partition coefficient (Wildman–Crippen LogP) is 17.7. The third-order valence-electron chi connectivity index (χ3n) is 14.5. The van der Waals surface area contributed by atoms with Gasteiger partial charge in [0.25, 0.3) is 0 Å². The molecule has 2 heteroatoms. The number of fused-ring (bicyclic) bond motifs is 7. The summed E-state index contributed by atoms with van der Waals surface area (Å²) >= 11 is 0. The van der Waals surface area contributed by atoms with Gasteiger partial charge in [0, 0.05) is 33.0 Å². The Morgan fingerprint density at radius 2 is 0.838 bits per heavy atom. The Balaban J connectivity index is 1.13. The molecular formula is C66H46N2. The number of anilines is 3. The lowest BCUT2D eigenvalue weighted by molar-refractivity contribution is 0.714. The molecule has 13 rings (SSSR count). The van der Waals surface area contributed by atoms with E-state index >= 15 is 0 Å². The third kappa shape index (κ3) is 6.04. The van der Waals surface area contributed by atoms with Crippen LogP contribution in [0.15, 0.2) is 261 Å². The van der Waals surface area contributed by atoms with Crippen LogP contribution in [0.3, 0.4) is 0 Å². The molecule has 0 N–H and O–H groups in total. The van der Waals surface area contributed by atoms with Gasteiger partial charge in [0.2, 0.25) is 0 Å². The summed E-state index contributed by atoms with van der Waals surface area (Å²) in [5.74, 6) is 0. The summed E-state index contributed by atoms with van der Waals surface area (Å²) in [7, 11) is 0. The number of rotatable bonds is 8. The summed E-state index contributed by atoms with van der Waals surface area (Å²) < 4.78 is 2.42. The first kappa shape index (κ1) is 39.6. The van der Waals surface area contributed by atoms with Crippen molar-refractivity contribution in [2.45, 2.75) is 12.3 Å². The van der Waals surface area contributed by atoms with Gasteiger partial charge >= 0.3 is 0 Å². The summed E-state index contributed by atoms with van der Waals surface area (Å²) in [5.41, 5.74) is 20.1.